The molecule has 0 unspecified atom stereocenters. The Kier molecular flexibility index (Phi) is 3.81. The van der Waals surface area contributed by atoms with Gasteiger partial charge in [0.1, 0.15) is 5.69 Å². The molecule has 0 saturated heterocycles. The third kappa shape index (κ3) is 2.87. The van der Waals surface area contributed by atoms with Gasteiger partial charge in [-0.3, -0.25) is 14.9 Å². The average molecular weight is 371 g/mol. The van der Waals surface area contributed by atoms with Gasteiger partial charge in [-0.05, 0) is 36.4 Å². The standard InChI is InChI=1S/C20H15N6O2/c27-20(18-5-2-10-28-18)22-14-4-1-3-13(11-14)19-16-12-15(26-9-8-21-25-26)6-7-17(16)23-24-19/h1-4,6-12,21,25H,(H,22,27)(H,23,24). The summed E-state index contributed by atoms with van der Waals surface area (Å²) in [6, 6.07) is 17.8. The molecule has 5 rings (SSSR count). The Labute approximate surface area is 159 Å². The van der Waals surface area contributed by atoms with Crippen molar-refractivity contribution in [2.75, 3.05) is 10.3 Å². The van der Waals surface area contributed by atoms with E-state index in [1.807, 2.05) is 59.9 Å². The number of aromatic amines is 1. The molecule has 0 atom stereocenters. The number of hydrogen-bond acceptors (Lipinski definition) is 6. The molecule has 2 aromatic carbocycles. The van der Waals surface area contributed by atoms with Crippen LogP contribution in [0, 0.1) is 6.07 Å². The van der Waals surface area contributed by atoms with Crippen molar-refractivity contribution in [2.24, 2.45) is 0 Å². The number of fused-ring (bicyclic) bond motifs is 1. The van der Waals surface area contributed by atoms with Crippen LogP contribution in [0.3, 0.4) is 0 Å². The minimum Gasteiger partial charge on any atom is -0.458 e. The minimum absolute atomic E-state index is 0.139. The third-order valence-electron chi connectivity index (χ3n) is 4.39. The van der Waals surface area contributed by atoms with E-state index in [-0.39, 0.29) is 11.7 Å². The highest BCUT2D eigenvalue weighted by Gasteiger charge is 2.14. The van der Waals surface area contributed by atoms with Gasteiger partial charge in [0.15, 0.2) is 5.76 Å². The van der Waals surface area contributed by atoms with E-state index in [2.05, 4.69) is 32.5 Å². The fourth-order valence-electron chi connectivity index (χ4n) is 3.08. The summed E-state index contributed by atoms with van der Waals surface area (Å²) in [4.78, 5) is 12.2. The second-order valence-electron chi connectivity index (χ2n) is 6.17. The van der Waals surface area contributed by atoms with Crippen molar-refractivity contribution in [1.82, 2.24) is 21.2 Å². The molecule has 8 heteroatoms. The lowest BCUT2D eigenvalue weighted by Gasteiger charge is -2.15. The van der Waals surface area contributed by atoms with Gasteiger partial charge in [0, 0.05) is 35.1 Å². The first kappa shape index (κ1) is 16.2. The summed E-state index contributed by atoms with van der Waals surface area (Å²) in [5.41, 5.74) is 10.2. The van der Waals surface area contributed by atoms with Crippen LogP contribution in [0.1, 0.15) is 10.6 Å². The monoisotopic (exact) mass is 371 g/mol. The molecule has 0 spiro atoms. The Morgan fingerprint density at radius 2 is 2.18 bits per heavy atom. The van der Waals surface area contributed by atoms with Crippen molar-refractivity contribution in [1.29, 1.82) is 0 Å². The number of nitrogens with zero attached hydrogens (tertiary/aromatic N) is 2. The van der Waals surface area contributed by atoms with Gasteiger partial charge in [0.2, 0.25) is 0 Å². The first-order valence-corrected chi connectivity index (χ1v) is 8.60. The van der Waals surface area contributed by atoms with Crippen molar-refractivity contribution in [2.45, 2.75) is 0 Å². The Bertz CT molecular complexity index is 1180. The zero-order chi connectivity index (χ0) is 18.9. The number of amides is 1. The first-order valence-electron chi connectivity index (χ1n) is 8.60. The third-order valence-corrected chi connectivity index (χ3v) is 4.39. The Hall–Kier alpha value is -4.04. The van der Waals surface area contributed by atoms with Gasteiger partial charge in [-0.25, -0.2) is 0 Å². The molecule has 1 radical (unpaired) electrons. The molecule has 8 nitrogen and oxygen atoms in total. The van der Waals surface area contributed by atoms with Crippen LogP contribution in [0.25, 0.3) is 22.2 Å². The van der Waals surface area contributed by atoms with E-state index < -0.39 is 0 Å². The number of anilines is 2. The van der Waals surface area contributed by atoms with Crippen molar-refractivity contribution in [3.05, 3.63) is 79.0 Å². The Morgan fingerprint density at radius 1 is 1.21 bits per heavy atom. The number of aromatic nitrogens is 2. The zero-order valence-electron chi connectivity index (χ0n) is 14.6. The summed E-state index contributed by atoms with van der Waals surface area (Å²) < 4.78 is 5.08. The lowest BCUT2D eigenvalue weighted by molar-refractivity contribution is 0.0996. The van der Waals surface area contributed by atoms with E-state index in [0.29, 0.717) is 5.69 Å². The molecule has 2 aromatic heterocycles. The molecule has 4 aromatic rings. The van der Waals surface area contributed by atoms with Gasteiger partial charge in [-0.1, -0.05) is 12.1 Å². The molecule has 0 fully saturated rings. The lowest BCUT2D eigenvalue weighted by Crippen LogP contribution is -2.35. The van der Waals surface area contributed by atoms with Gasteiger partial charge in [0.05, 0.1) is 17.5 Å². The minimum atomic E-state index is -0.351. The predicted molar refractivity (Wildman–Crippen MR) is 105 cm³/mol. The Morgan fingerprint density at radius 3 is 3.00 bits per heavy atom. The number of nitrogens with one attached hydrogen (secondary N) is 4. The molecule has 1 aliphatic rings. The van der Waals surface area contributed by atoms with Crippen LogP contribution in [0.5, 0.6) is 0 Å². The van der Waals surface area contributed by atoms with Crippen LogP contribution in [0.2, 0.25) is 0 Å². The molecule has 1 amide bonds. The number of hydrazine groups is 2. The number of benzene rings is 2. The van der Waals surface area contributed by atoms with E-state index in [1.165, 1.54) is 6.26 Å². The lowest BCUT2D eigenvalue weighted by atomic mass is 10.1. The summed E-state index contributed by atoms with van der Waals surface area (Å²) in [5, 5.41) is 13.2. The molecular formula is C20H15N6O2. The van der Waals surface area contributed by atoms with Crippen LogP contribution in [0.15, 0.2) is 71.6 Å². The summed E-state index contributed by atoms with van der Waals surface area (Å²) in [5.74, 6) is -0.212. The molecular weight excluding hydrogens is 356 g/mol. The largest absolute Gasteiger partial charge is 0.458 e. The van der Waals surface area contributed by atoms with Gasteiger partial charge in [-0.15, -0.1) is 5.53 Å². The zero-order valence-corrected chi connectivity index (χ0v) is 14.6. The van der Waals surface area contributed by atoms with Crippen LogP contribution in [0.4, 0.5) is 11.4 Å². The Balaban J connectivity index is 1.48. The molecule has 4 N–H and O–H groups in total. The molecule has 3 heterocycles. The van der Waals surface area contributed by atoms with Crippen molar-refractivity contribution < 1.29 is 9.21 Å². The number of carbonyl (C=O) groups excluding carboxylic acids is 1. The van der Waals surface area contributed by atoms with Crippen LogP contribution >= 0.6 is 0 Å². The van der Waals surface area contributed by atoms with E-state index in [0.717, 1.165) is 27.8 Å². The summed E-state index contributed by atoms with van der Waals surface area (Å²) in [6.45, 7) is 0. The number of hydrogen-bond donors (Lipinski definition) is 4. The van der Waals surface area contributed by atoms with Crippen molar-refractivity contribution in [3.63, 3.8) is 0 Å². The summed E-state index contributed by atoms with van der Waals surface area (Å²) in [7, 11) is 0. The summed E-state index contributed by atoms with van der Waals surface area (Å²) in [6.07, 6.45) is 5.12. The maximum absolute atomic E-state index is 12.2. The van der Waals surface area contributed by atoms with Crippen LogP contribution in [-0.2, 0) is 0 Å². The molecule has 0 aliphatic carbocycles. The number of H-pyrrole nitrogens is 1. The molecule has 0 bridgehead atoms. The smallest absolute Gasteiger partial charge is 0.292 e. The molecule has 137 valence electrons. The van der Waals surface area contributed by atoms with Gasteiger partial charge >= 0.3 is 0 Å². The van der Waals surface area contributed by atoms with E-state index in [9.17, 15) is 4.79 Å². The predicted octanol–water partition coefficient (Wildman–Crippen LogP) is 3.18. The molecule has 0 saturated carbocycles. The van der Waals surface area contributed by atoms with E-state index in [1.54, 1.807) is 6.07 Å². The number of furan rings is 1. The maximum Gasteiger partial charge on any atom is 0.292 e. The fourth-order valence-corrected chi connectivity index (χ4v) is 3.08. The maximum atomic E-state index is 12.2. The van der Waals surface area contributed by atoms with Crippen molar-refractivity contribution in [3.8, 4) is 11.3 Å². The normalized spacial score (nSPS) is 13.1. The van der Waals surface area contributed by atoms with Crippen molar-refractivity contribution >= 4 is 28.2 Å². The second kappa shape index (κ2) is 6.60. The molecule has 1 aliphatic heterocycles. The fraction of sp³-hybridized carbons (Fsp3) is 0. The highest BCUT2D eigenvalue weighted by atomic mass is 16.3. The van der Waals surface area contributed by atoms with E-state index in [4.69, 9.17) is 4.42 Å². The highest BCUT2D eigenvalue weighted by molar-refractivity contribution is 6.03. The summed E-state index contributed by atoms with van der Waals surface area (Å²) >= 11 is 0. The molecule has 28 heavy (non-hydrogen) atoms. The number of rotatable bonds is 4. The van der Waals surface area contributed by atoms with Crippen LogP contribution in [-0.4, -0.2) is 16.1 Å². The topological polar surface area (TPSA) is 98.2 Å². The van der Waals surface area contributed by atoms with Gasteiger partial charge in [0.25, 0.3) is 5.91 Å². The SMILES string of the molecule is O=C(Nc1cccc(-c2n[nH]c3ccc(N4C=CNN4)cc23)c1)c1[c]cco1. The van der Waals surface area contributed by atoms with Gasteiger partial charge < -0.3 is 15.2 Å². The second-order valence-corrected chi connectivity index (χ2v) is 6.17. The van der Waals surface area contributed by atoms with Crippen LogP contribution < -0.4 is 21.3 Å². The quantitative estimate of drug-likeness (QED) is 0.440. The average Bonchev–Trinajstić information content (AvgIpc) is 3.49. The number of carbonyl (C=O) groups is 1. The first-order chi connectivity index (χ1) is 13.8. The van der Waals surface area contributed by atoms with E-state index >= 15 is 0 Å². The van der Waals surface area contributed by atoms with Gasteiger partial charge in [-0.2, -0.15) is 5.10 Å². The highest BCUT2D eigenvalue weighted by Crippen LogP contribution is 2.31.